The standard InChI is InChI=1S/C27H40O2/c1-17(2)22-14-13-18(3)15-24(22)29-26(28)25-23(27(25,6)7)16-19(4)20(5)21-11-9-8-10-12-21/h8-12,17-18,22-25H,13-16H2,1-7H3. The summed E-state index contributed by atoms with van der Waals surface area (Å²) >= 11 is 0. The molecule has 0 saturated heterocycles. The van der Waals surface area contributed by atoms with Gasteiger partial charge in [-0.1, -0.05) is 76.9 Å². The van der Waals surface area contributed by atoms with E-state index in [-0.39, 0.29) is 23.4 Å². The van der Waals surface area contributed by atoms with Crippen LogP contribution in [0, 0.1) is 35.0 Å². The summed E-state index contributed by atoms with van der Waals surface area (Å²) in [7, 11) is 0. The molecular weight excluding hydrogens is 356 g/mol. The first-order valence-corrected chi connectivity index (χ1v) is 11.5. The second-order valence-electron chi connectivity index (χ2n) is 10.7. The summed E-state index contributed by atoms with van der Waals surface area (Å²) < 4.78 is 6.20. The number of ether oxygens (including phenoxy) is 1. The number of carbonyl (C=O) groups excluding carboxylic acids is 1. The van der Waals surface area contributed by atoms with E-state index in [1.165, 1.54) is 29.6 Å². The van der Waals surface area contributed by atoms with Gasteiger partial charge in [0.2, 0.25) is 0 Å². The number of esters is 1. The maximum Gasteiger partial charge on any atom is 0.310 e. The Hall–Kier alpha value is -1.57. The topological polar surface area (TPSA) is 26.3 Å². The first-order valence-electron chi connectivity index (χ1n) is 11.5. The van der Waals surface area contributed by atoms with E-state index in [1.54, 1.807) is 0 Å². The minimum Gasteiger partial charge on any atom is -0.462 e. The van der Waals surface area contributed by atoms with Crippen LogP contribution in [0.15, 0.2) is 35.9 Å². The van der Waals surface area contributed by atoms with Gasteiger partial charge in [-0.3, -0.25) is 4.79 Å². The fourth-order valence-corrected chi connectivity index (χ4v) is 5.48. The van der Waals surface area contributed by atoms with E-state index in [0.29, 0.717) is 23.7 Å². The molecule has 0 amide bonds. The fraction of sp³-hybridized carbons (Fsp3) is 0.667. The molecule has 2 fully saturated rings. The van der Waals surface area contributed by atoms with Gasteiger partial charge in [-0.25, -0.2) is 0 Å². The van der Waals surface area contributed by atoms with Crippen molar-refractivity contribution in [3.63, 3.8) is 0 Å². The van der Waals surface area contributed by atoms with Gasteiger partial charge in [0.05, 0.1) is 5.92 Å². The third-order valence-corrected chi connectivity index (χ3v) is 7.91. The quantitative estimate of drug-likeness (QED) is 0.477. The van der Waals surface area contributed by atoms with Crippen molar-refractivity contribution < 1.29 is 9.53 Å². The molecule has 0 N–H and O–H groups in total. The molecule has 2 aliphatic rings. The lowest BCUT2D eigenvalue weighted by atomic mass is 9.75. The van der Waals surface area contributed by atoms with Gasteiger partial charge in [0.15, 0.2) is 0 Å². The van der Waals surface area contributed by atoms with E-state index in [1.807, 2.05) is 0 Å². The van der Waals surface area contributed by atoms with E-state index in [0.717, 1.165) is 12.8 Å². The molecule has 160 valence electrons. The molecule has 5 atom stereocenters. The first-order chi connectivity index (χ1) is 13.6. The smallest absolute Gasteiger partial charge is 0.310 e. The Morgan fingerprint density at radius 2 is 1.79 bits per heavy atom. The molecule has 2 nitrogen and oxygen atoms in total. The van der Waals surface area contributed by atoms with Crippen molar-refractivity contribution in [3.8, 4) is 0 Å². The lowest BCUT2D eigenvalue weighted by Crippen LogP contribution is -2.36. The lowest BCUT2D eigenvalue weighted by molar-refractivity contribution is -0.158. The minimum atomic E-state index is 0.0307. The normalized spacial score (nSPS) is 31.9. The third kappa shape index (κ3) is 4.78. The molecule has 0 aromatic heterocycles. The highest BCUT2D eigenvalue weighted by Crippen LogP contribution is 2.61. The van der Waals surface area contributed by atoms with Crippen LogP contribution >= 0.6 is 0 Å². The molecule has 2 saturated carbocycles. The molecular formula is C27H40O2. The van der Waals surface area contributed by atoms with Crippen molar-refractivity contribution >= 4 is 11.5 Å². The Kier molecular flexibility index (Phi) is 6.61. The summed E-state index contributed by atoms with van der Waals surface area (Å²) in [6, 6.07) is 10.6. The first kappa shape index (κ1) is 22.1. The van der Waals surface area contributed by atoms with E-state index in [4.69, 9.17) is 4.74 Å². The molecule has 0 radical (unpaired) electrons. The Morgan fingerprint density at radius 3 is 2.41 bits per heavy atom. The zero-order valence-corrected chi connectivity index (χ0v) is 19.5. The molecule has 0 bridgehead atoms. The van der Waals surface area contributed by atoms with Crippen molar-refractivity contribution in [1.29, 1.82) is 0 Å². The van der Waals surface area contributed by atoms with Gasteiger partial charge in [-0.05, 0) is 73.3 Å². The van der Waals surface area contributed by atoms with Crippen LogP contribution in [-0.4, -0.2) is 12.1 Å². The predicted octanol–water partition coefficient (Wildman–Crippen LogP) is 7.15. The molecule has 5 unspecified atom stereocenters. The Bertz CT molecular complexity index is 743. The average molecular weight is 397 g/mol. The zero-order chi connectivity index (χ0) is 21.3. The number of benzene rings is 1. The van der Waals surface area contributed by atoms with Crippen molar-refractivity contribution in [2.75, 3.05) is 0 Å². The highest BCUT2D eigenvalue weighted by Gasteiger charge is 2.62. The van der Waals surface area contributed by atoms with E-state index in [9.17, 15) is 4.79 Å². The maximum atomic E-state index is 13.2. The second kappa shape index (κ2) is 8.66. The molecule has 1 aromatic carbocycles. The van der Waals surface area contributed by atoms with Crippen molar-refractivity contribution in [3.05, 3.63) is 41.5 Å². The van der Waals surface area contributed by atoms with Crippen LogP contribution in [0.2, 0.25) is 0 Å². The van der Waals surface area contributed by atoms with Crippen LogP contribution in [0.3, 0.4) is 0 Å². The highest BCUT2D eigenvalue weighted by molar-refractivity contribution is 5.78. The summed E-state index contributed by atoms with van der Waals surface area (Å²) in [4.78, 5) is 13.2. The van der Waals surface area contributed by atoms with Gasteiger partial charge >= 0.3 is 5.97 Å². The summed E-state index contributed by atoms with van der Waals surface area (Å²) in [5.74, 6) is 2.21. The zero-order valence-electron chi connectivity index (χ0n) is 19.5. The summed E-state index contributed by atoms with van der Waals surface area (Å²) in [6.07, 6.45) is 4.55. The number of hydrogen-bond donors (Lipinski definition) is 0. The largest absolute Gasteiger partial charge is 0.462 e. The van der Waals surface area contributed by atoms with Crippen LogP contribution in [0.4, 0.5) is 0 Å². The Morgan fingerprint density at radius 1 is 1.14 bits per heavy atom. The molecule has 1 aromatic rings. The maximum absolute atomic E-state index is 13.2. The third-order valence-electron chi connectivity index (χ3n) is 7.91. The van der Waals surface area contributed by atoms with E-state index in [2.05, 4.69) is 78.8 Å². The van der Waals surface area contributed by atoms with Crippen molar-refractivity contribution in [2.24, 2.45) is 35.0 Å². The SMILES string of the molecule is CC(CC1C(C(=O)OC2CC(C)CCC2C(C)C)C1(C)C)=C(C)c1ccccc1. The fourth-order valence-electron chi connectivity index (χ4n) is 5.48. The number of hydrogen-bond acceptors (Lipinski definition) is 2. The summed E-state index contributed by atoms with van der Waals surface area (Å²) in [5, 5.41) is 0. The average Bonchev–Trinajstić information content (AvgIpc) is 3.21. The van der Waals surface area contributed by atoms with Crippen LogP contribution in [0.1, 0.15) is 79.7 Å². The predicted molar refractivity (Wildman–Crippen MR) is 121 cm³/mol. The van der Waals surface area contributed by atoms with Gasteiger partial charge in [-0.2, -0.15) is 0 Å². The molecule has 3 rings (SSSR count). The molecule has 2 aliphatic carbocycles. The molecule has 0 aliphatic heterocycles. The van der Waals surface area contributed by atoms with Gasteiger partial charge < -0.3 is 4.74 Å². The molecule has 0 spiro atoms. The molecule has 2 heteroatoms. The number of carbonyl (C=O) groups is 1. The van der Waals surface area contributed by atoms with Crippen LogP contribution in [-0.2, 0) is 9.53 Å². The Balaban J connectivity index is 1.67. The Labute approximate surface area is 178 Å². The lowest BCUT2D eigenvalue weighted by Gasteiger charge is -2.36. The van der Waals surface area contributed by atoms with E-state index < -0.39 is 0 Å². The van der Waals surface area contributed by atoms with Crippen LogP contribution in [0.25, 0.3) is 5.57 Å². The molecule has 0 heterocycles. The van der Waals surface area contributed by atoms with Crippen molar-refractivity contribution in [2.45, 2.75) is 80.3 Å². The summed E-state index contributed by atoms with van der Waals surface area (Å²) in [5.41, 5.74) is 4.03. The minimum absolute atomic E-state index is 0.0307. The van der Waals surface area contributed by atoms with Gasteiger partial charge in [0.1, 0.15) is 6.10 Å². The number of allylic oxidation sites excluding steroid dienone is 2. The second-order valence-corrected chi connectivity index (χ2v) is 10.7. The number of rotatable bonds is 6. The summed E-state index contributed by atoms with van der Waals surface area (Å²) in [6.45, 7) is 15.7. The van der Waals surface area contributed by atoms with Crippen molar-refractivity contribution in [1.82, 2.24) is 0 Å². The van der Waals surface area contributed by atoms with Crippen LogP contribution in [0.5, 0.6) is 0 Å². The van der Waals surface area contributed by atoms with E-state index >= 15 is 0 Å². The monoisotopic (exact) mass is 396 g/mol. The van der Waals surface area contributed by atoms with Gasteiger partial charge in [-0.15, -0.1) is 0 Å². The van der Waals surface area contributed by atoms with Gasteiger partial charge in [0, 0.05) is 0 Å². The highest BCUT2D eigenvalue weighted by atomic mass is 16.5. The molecule has 29 heavy (non-hydrogen) atoms. The van der Waals surface area contributed by atoms with Crippen LogP contribution < -0.4 is 0 Å². The van der Waals surface area contributed by atoms with Gasteiger partial charge in [0.25, 0.3) is 0 Å².